The van der Waals surface area contributed by atoms with Crippen LogP contribution in [-0.2, 0) is 0 Å². The van der Waals surface area contributed by atoms with E-state index in [0.717, 1.165) is 41.0 Å². The molecule has 5 nitrogen and oxygen atoms in total. The van der Waals surface area contributed by atoms with Crippen molar-refractivity contribution < 1.29 is 4.42 Å². The summed E-state index contributed by atoms with van der Waals surface area (Å²) in [6.45, 7) is 5.91. The smallest absolute Gasteiger partial charge is 0.193 e. The van der Waals surface area contributed by atoms with E-state index < -0.39 is 0 Å². The molecule has 2 aromatic carbocycles. The van der Waals surface area contributed by atoms with Crippen molar-refractivity contribution in [1.29, 1.82) is 0 Å². The summed E-state index contributed by atoms with van der Waals surface area (Å²) in [6, 6.07) is 17.3. The Bertz CT molecular complexity index is 1310. The first kappa shape index (κ1) is 18.6. The van der Waals surface area contributed by atoms with Gasteiger partial charge in [-0.15, -0.1) is 0 Å². The van der Waals surface area contributed by atoms with Crippen LogP contribution in [0.2, 0.25) is 0 Å². The molecule has 5 heteroatoms. The molecule has 4 aliphatic rings. The van der Waals surface area contributed by atoms with E-state index >= 15 is 0 Å². The minimum absolute atomic E-state index is 0.0128. The van der Waals surface area contributed by atoms with Crippen LogP contribution in [0.1, 0.15) is 24.0 Å². The standard InChI is InChI=1S/C26H25N3O2/c1-15-16(2)25(30)23(26-24(15)28-21-5-3-4-6-22(21)31-26)17-7-11-20(12-8-17)29-13-18-9-10-19(14-29)27-18/h3-8,11-12,18-19,27H,9-10,13-14H2,1-2H3. The molecule has 156 valence electrons. The number of hydrogen-bond donors (Lipinski definition) is 1. The van der Waals surface area contributed by atoms with Crippen LogP contribution in [0.3, 0.4) is 0 Å². The predicted octanol–water partition coefficient (Wildman–Crippen LogP) is 4.52. The molecule has 0 radical (unpaired) electrons. The molecule has 3 aliphatic heterocycles. The van der Waals surface area contributed by atoms with Crippen LogP contribution in [0.5, 0.6) is 0 Å². The lowest BCUT2D eigenvalue weighted by Crippen LogP contribution is -2.51. The van der Waals surface area contributed by atoms with Gasteiger partial charge in [0.05, 0.1) is 5.56 Å². The Kier molecular flexibility index (Phi) is 4.15. The molecule has 1 aliphatic carbocycles. The second-order valence-corrected chi connectivity index (χ2v) is 8.90. The molecule has 2 saturated heterocycles. The van der Waals surface area contributed by atoms with E-state index in [9.17, 15) is 4.79 Å². The molecule has 0 spiro atoms. The number of fused-ring (bicyclic) bond motifs is 4. The van der Waals surface area contributed by atoms with E-state index in [4.69, 9.17) is 9.40 Å². The lowest BCUT2D eigenvalue weighted by Gasteiger charge is -2.34. The highest BCUT2D eigenvalue weighted by molar-refractivity contribution is 5.86. The zero-order valence-electron chi connectivity index (χ0n) is 17.8. The monoisotopic (exact) mass is 411 g/mol. The molecule has 2 bridgehead atoms. The fourth-order valence-corrected chi connectivity index (χ4v) is 5.14. The van der Waals surface area contributed by atoms with Crippen molar-refractivity contribution in [3.8, 4) is 22.6 Å². The van der Waals surface area contributed by atoms with Crippen molar-refractivity contribution in [1.82, 2.24) is 10.3 Å². The fraction of sp³-hybridized carbons (Fsp3) is 0.308. The van der Waals surface area contributed by atoms with Gasteiger partial charge in [-0.3, -0.25) is 4.79 Å². The summed E-state index contributed by atoms with van der Waals surface area (Å²) in [5.74, 6) is 0.569. The van der Waals surface area contributed by atoms with E-state index in [1.165, 1.54) is 18.5 Å². The largest absolute Gasteiger partial charge is 0.452 e. The summed E-state index contributed by atoms with van der Waals surface area (Å²) in [7, 11) is 0. The van der Waals surface area contributed by atoms with Gasteiger partial charge < -0.3 is 14.6 Å². The number of benzene rings is 3. The van der Waals surface area contributed by atoms with Gasteiger partial charge in [-0.2, -0.15) is 0 Å². The van der Waals surface area contributed by atoms with Crippen molar-refractivity contribution in [3.05, 3.63) is 69.9 Å². The highest BCUT2D eigenvalue weighted by Gasteiger charge is 2.32. The zero-order valence-corrected chi connectivity index (χ0v) is 17.8. The number of piperazine rings is 1. The van der Waals surface area contributed by atoms with Gasteiger partial charge in [0, 0.05) is 36.4 Å². The number of para-hydroxylation sites is 2. The lowest BCUT2D eigenvalue weighted by molar-refractivity contribution is 0.466. The highest BCUT2D eigenvalue weighted by atomic mass is 16.3. The Hall–Kier alpha value is -3.18. The SMILES string of the molecule is Cc1c2nc3ccccc3oc-2c(-c2ccc(N3CC4CCC(C3)N4)cc2)c(=O)c1C. The van der Waals surface area contributed by atoms with Crippen molar-refractivity contribution in [3.63, 3.8) is 0 Å². The summed E-state index contributed by atoms with van der Waals surface area (Å²) < 4.78 is 6.25. The molecule has 6 rings (SSSR count). The minimum atomic E-state index is 0.0128. The van der Waals surface area contributed by atoms with Crippen molar-refractivity contribution >= 4 is 16.8 Å². The Labute approximate surface area is 181 Å². The van der Waals surface area contributed by atoms with Crippen molar-refractivity contribution in [2.75, 3.05) is 18.0 Å². The van der Waals surface area contributed by atoms with Crippen LogP contribution >= 0.6 is 0 Å². The first-order chi connectivity index (χ1) is 15.1. The third-order valence-corrected chi connectivity index (χ3v) is 6.97. The Balaban J connectivity index is 1.48. The van der Waals surface area contributed by atoms with E-state index in [-0.39, 0.29) is 5.43 Å². The summed E-state index contributed by atoms with van der Waals surface area (Å²) in [5.41, 5.74) is 6.55. The summed E-state index contributed by atoms with van der Waals surface area (Å²) in [4.78, 5) is 20.6. The molecule has 2 unspecified atom stereocenters. The lowest BCUT2D eigenvalue weighted by atomic mass is 9.93. The predicted molar refractivity (Wildman–Crippen MR) is 124 cm³/mol. The quantitative estimate of drug-likeness (QED) is 0.492. The summed E-state index contributed by atoms with van der Waals surface area (Å²) in [6.07, 6.45) is 2.52. The molecule has 3 heterocycles. The number of nitrogens with zero attached hydrogens (tertiary/aromatic N) is 2. The Morgan fingerprint density at radius 3 is 2.42 bits per heavy atom. The maximum absolute atomic E-state index is 13.3. The van der Waals surface area contributed by atoms with Gasteiger partial charge >= 0.3 is 0 Å². The number of rotatable bonds is 2. The van der Waals surface area contributed by atoms with Crippen LogP contribution < -0.4 is 15.6 Å². The normalized spacial score (nSPS) is 20.6. The molecule has 0 amide bonds. The van der Waals surface area contributed by atoms with Gasteiger partial charge in [0.25, 0.3) is 0 Å². The second kappa shape index (κ2) is 6.92. The van der Waals surface area contributed by atoms with Crippen LogP contribution in [0.4, 0.5) is 5.69 Å². The Morgan fingerprint density at radius 2 is 1.68 bits per heavy atom. The third kappa shape index (κ3) is 2.95. The van der Waals surface area contributed by atoms with E-state index in [1.807, 2.05) is 38.1 Å². The second-order valence-electron chi connectivity index (χ2n) is 8.90. The minimum Gasteiger partial charge on any atom is -0.452 e. The van der Waals surface area contributed by atoms with Crippen LogP contribution in [0.25, 0.3) is 33.7 Å². The average molecular weight is 412 g/mol. The highest BCUT2D eigenvalue weighted by Crippen LogP contribution is 2.36. The van der Waals surface area contributed by atoms with Crippen molar-refractivity contribution in [2.24, 2.45) is 0 Å². The summed E-state index contributed by atoms with van der Waals surface area (Å²) in [5, 5.41) is 3.68. The van der Waals surface area contributed by atoms with Crippen LogP contribution in [-0.4, -0.2) is 30.2 Å². The molecule has 0 aromatic heterocycles. The van der Waals surface area contributed by atoms with Gasteiger partial charge in [0.2, 0.25) is 0 Å². The molecule has 2 fully saturated rings. The average Bonchev–Trinajstić information content (AvgIpc) is 3.14. The molecule has 0 saturated carbocycles. The summed E-state index contributed by atoms with van der Waals surface area (Å²) >= 11 is 0. The fourth-order valence-electron chi connectivity index (χ4n) is 5.14. The zero-order chi connectivity index (χ0) is 21.1. The molecule has 1 N–H and O–H groups in total. The van der Waals surface area contributed by atoms with Gasteiger partial charge in [0.1, 0.15) is 11.2 Å². The maximum atomic E-state index is 13.3. The van der Waals surface area contributed by atoms with Gasteiger partial charge in [-0.25, -0.2) is 4.98 Å². The Morgan fingerprint density at radius 1 is 0.968 bits per heavy atom. The maximum Gasteiger partial charge on any atom is 0.193 e. The number of hydrogen-bond acceptors (Lipinski definition) is 5. The molecular weight excluding hydrogens is 386 g/mol. The molecular formula is C26H25N3O2. The van der Waals surface area contributed by atoms with Crippen molar-refractivity contribution in [2.45, 2.75) is 38.8 Å². The molecule has 31 heavy (non-hydrogen) atoms. The van der Waals surface area contributed by atoms with E-state index in [1.54, 1.807) is 0 Å². The number of nitrogens with one attached hydrogen (secondary N) is 1. The van der Waals surface area contributed by atoms with E-state index in [0.29, 0.717) is 29.0 Å². The number of aromatic nitrogens is 1. The van der Waals surface area contributed by atoms with E-state index in [2.05, 4.69) is 34.5 Å². The van der Waals surface area contributed by atoms with Gasteiger partial charge in [-0.1, -0.05) is 24.3 Å². The van der Waals surface area contributed by atoms with Crippen LogP contribution in [0.15, 0.2) is 57.7 Å². The first-order valence-electron chi connectivity index (χ1n) is 11.0. The van der Waals surface area contributed by atoms with Gasteiger partial charge in [0.15, 0.2) is 16.8 Å². The molecule has 2 aromatic rings. The number of anilines is 1. The van der Waals surface area contributed by atoms with Crippen LogP contribution in [0, 0.1) is 13.8 Å². The molecule has 2 atom stereocenters. The van der Waals surface area contributed by atoms with Gasteiger partial charge in [-0.05, 0) is 62.1 Å². The first-order valence-corrected chi connectivity index (χ1v) is 11.0. The third-order valence-electron chi connectivity index (χ3n) is 6.97. The topological polar surface area (TPSA) is 58.4 Å².